The van der Waals surface area contributed by atoms with Crippen molar-refractivity contribution in [3.05, 3.63) is 45.5 Å². The van der Waals surface area contributed by atoms with E-state index in [1.807, 2.05) is 0 Å². The third kappa shape index (κ3) is 4.76. The van der Waals surface area contributed by atoms with Gasteiger partial charge in [0.05, 0.1) is 11.9 Å². The quantitative estimate of drug-likeness (QED) is 0.355. The summed E-state index contributed by atoms with van der Waals surface area (Å²) in [6.45, 7) is 7.47. The molecule has 2 heterocycles. The lowest BCUT2D eigenvalue weighted by Crippen LogP contribution is -2.23. The van der Waals surface area contributed by atoms with Gasteiger partial charge in [0, 0.05) is 27.2 Å². The first-order valence-electron chi connectivity index (χ1n) is 9.19. The molecule has 11 heteroatoms. The lowest BCUT2D eigenvalue weighted by Gasteiger charge is -2.15. The van der Waals surface area contributed by atoms with Crippen LogP contribution in [0.4, 0.5) is 13.2 Å². The van der Waals surface area contributed by atoms with Gasteiger partial charge in [0.2, 0.25) is 0 Å². The number of fused-ring (bicyclic) bond motifs is 1. The van der Waals surface area contributed by atoms with Gasteiger partial charge in [0.25, 0.3) is 5.92 Å². The van der Waals surface area contributed by atoms with Crippen molar-refractivity contribution in [1.29, 1.82) is 0 Å². The summed E-state index contributed by atoms with van der Waals surface area (Å²) in [7, 11) is -1.33. The fourth-order valence-corrected chi connectivity index (χ4v) is 3.84. The molecule has 3 rings (SSSR count). The molecule has 0 aliphatic heterocycles. The second kappa shape index (κ2) is 8.16. The molecule has 162 valence electrons. The Hall–Kier alpha value is -2.17. The van der Waals surface area contributed by atoms with Gasteiger partial charge in [0.15, 0.2) is 16.6 Å². The van der Waals surface area contributed by atoms with E-state index in [1.165, 1.54) is 6.07 Å². The largest absolute Gasteiger partial charge is 0.421 e. The summed E-state index contributed by atoms with van der Waals surface area (Å²) in [6, 6.07) is 3.33. The fourth-order valence-electron chi connectivity index (χ4n) is 2.78. The summed E-state index contributed by atoms with van der Waals surface area (Å²) in [5, 5.41) is -0.492. The van der Waals surface area contributed by atoms with Gasteiger partial charge in [-0.3, -0.25) is 0 Å². The van der Waals surface area contributed by atoms with Crippen LogP contribution >= 0.6 is 11.6 Å². The van der Waals surface area contributed by atoms with Crippen molar-refractivity contribution < 1.29 is 22.3 Å². The Morgan fingerprint density at radius 1 is 1.30 bits per heavy atom. The molecular formula is C19H21ClF3N3O3Si. The minimum Gasteiger partial charge on any atom is -0.407 e. The summed E-state index contributed by atoms with van der Waals surface area (Å²) in [5.41, 5.74) is -0.604. The van der Waals surface area contributed by atoms with Crippen molar-refractivity contribution in [2.75, 3.05) is 6.61 Å². The highest BCUT2D eigenvalue weighted by molar-refractivity contribution is 6.76. The molecule has 0 unspecified atom stereocenters. The van der Waals surface area contributed by atoms with Gasteiger partial charge < -0.3 is 9.15 Å². The summed E-state index contributed by atoms with van der Waals surface area (Å²) in [4.78, 5) is 19.9. The van der Waals surface area contributed by atoms with Crippen molar-refractivity contribution in [3.63, 3.8) is 0 Å². The van der Waals surface area contributed by atoms with Crippen LogP contribution in [0.15, 0.2) is 27.5 Å². The number of benzene rings is 1. The number of ether oxygens (including phenoxy) is 1. The number of aromatic nitrogens is 3. The Balaban J connectivity index is 2.00. The molecule has 0 atom stereocenters. The van der Waals surface area contributed by atoms with Gasteiger partial charge in [-0.25, -0.2) is 23.7 Å². The van der Waals surface area contributed by atoms with E-state index >= 15 is 0 Å². The van der Waals surface area contributed by atoms with E-state index in [0.29, 0.717) is 13.5 Å². The molecule has 2 aromatic heterocycles. The molecule has 1 aromatic carbocycles. The molecule has 0 saturated heterocycles. The number of halogens is 4. The highest BCUT2D eigenvalue weighted by Crippen LogP contribution is 2.33. The van der Waals surface area contributed by atoms with E-state index in [4.69, 9.17) is 20.8 Å². The number of alkyl halides is 2. The van der Waals surface area contributed by atoms with Crippen LogP contribution in [-0.4, -0.2) is 29.2 Å². The minimum absolute atomic E-state index is 0.0681. The number of hydrogen-bond acceptors (Lipinski definition) is 5. The molecule has 0 radical (unpaired) electrons. The van der Waals surface area contributed by atoms with Crippen LogP contribution < -0.4 is 5.76 Å². The molecule has 0 aliphatic carbocycles. The van der Waals surface area contributed by atoms with Gasteiger partial charge in [-0.2, -0.15) is 8.78 Å². The SMILES string of the molecule is CC(F)(F)c1ncc(-c2ccc(F)c3c2oc(=O)n3COCC[Si](C)(C)C)nc1Cl. The molecular weight excluding hydrogens is 439 g/mol. The van der Waals surface area contributed by atoms with Gasteiger partial charge in [-0.05, 0) is 18.2 Å². The third-order valence-electron chi connectivity index (χ3n) is 4.40. The molecule has 0 fully saturated rings. The van der Waals surface area contributed by atoms with Crippen LogP contribution in [0.2, 0.25) is 30.8 Å². The first-order chi connectivity index (χ1) is 13.9. The molecule has 6 nitrogen and oxygen atoms in total. The van der Waals surface area contributed by atoms with E-state index in [1.54, 1.807) is 0 Å². The van der Waals surface area contributed by atoms with E-state index < -0.39 is 36.4 Å². The van der Waals surface area contributed by atoms with Gasteiger partial charge >= 0.3 is 5.76 Å². The smallest absolute Gasteiger partial charge is 0.407 e. The normalized spacial score (nSPS) is 12.7. The Morgan fingerprint density at radius 2 is 2.00 bits per heavy atom. The zero-order valence-electron chi connectivity index (χ0n) is 16.9. The zero-order valence-corrected chi connectivity index (χ0v) is 18.7. The molecule has 0 amide bonds. The summed E-state index contributed by atoms with van der Waals surface area (Å²) >= 11 is 5.86. The summed E-state index contributed by atoms with van der Waals surface area (Å²) in [6.07, 6.45) is 1.08. The van der Waals surface area contributed by atoms with Crippen LogP contribution in [0.1, 0.15) is 12.6 Å². The number of rotatable bonds is 7. The van der Waals surface area contributed by atoms with Crippen LogP contribution in [0, 0.1) is 5.82 Å². The monoisotopic (exact) mass is 459 g/mol. The second-order valence-electron chi connectivity index (χ2n) is 8.20. The summed E-state index contributed by atoms with van der Waals surface area (Å²) < 4.78 is 53.4. The molecule has 0 N–H and O–H groups in total. The maximum atomic E-state index is 14.5. The van der Waals surface area contributed by atoms with Gasteiger partial charge in [-0.15, -0.1) is 0 Å². The standard InChI is InChI=1S/C19H21ClF3N3O3Si/c1-19(22,23)16-17(20)25-13(9-24-16)11-5-6-12(21)14-15(11)29-18(27)26(14)10-28-7-8-30(2,3)4/h5-6,9H,7-8,10H2,1-4H3. The first-order valence-corrected chi connectivity index (χ1v) is 13.3. The highest BCUT2D eigenvalue weighted by atomic mass is 35.5. The minimum atomic E-state index is -3.27. The molecule has 3 aromatic rings. The topological polar surface area (TPSA) is 70.2 Å². The number of nitrogens with zero attached hydrogens (tertiary/aromatic N) is 3. The Labute approximate surface area is 176 Å². The average Bonchev–Trinajstić information content (AvgIpc) is 2.94. The molecule has 0 spiro atoms. The Bertz CT molecular complexity index is 1140. The number of hydrogen-bond donors (Lipinski definition) is 0. The predicted molar refractivity (Wildman–Crippen MR) is 110 cm³/mol. The van der Waals surface area contributed by atoms with Crippen molar-refractivity contribution in [2.24, 2.45) is 0 Å². The van der Waals surface area contributed by atoms with Crippen molar-refractivity contribution in [1.82, 2.24) is 14.5 Å². The maximum absolute atomic E-state index is 14.5. The molecule has 30 heavy (non-hydrogen) atoms. The first kappa shape index (κ1) is 22.5. The van der Waals surface area contributed by atoms with Crippen LogP contribution in [0.3, 0.4) is 0 Å². The van der Waals surface area contributed by atoms with Crippen molar-refractivity contribution in [2.45, 2.75) is 45.3 Å². The Morgan fingerprint density at radius 3 is 2.60 bits per heavy atom. The van der Waals surface area contributed by atoms with Crippen LogP contribution in [0.25, 0.3) is 22.4 Å². The third-order valence-corrected chi connectivity index (χ3v) is 6.37. The predicted octanol–water partition coefficient (Wildman–Crippen LogP) is 5.27. The van der Waals surface area contributed by atoms with Gasteiger partial charge in [-0.1, -0.05) is 31.2 Å². The zero-order chi connectivity index (χ0) is 22.3. The molecule has 0 saturated carbocycles. The second-order valence-corrected chi connectivity index (χ2v) is 14.2. The van der Waals surface area contributed by atoms with Crippen molar-refractivity contribution >= 4 is 30.8 Å². The van der Waals surface area contributed by atoms with Crippen molar-refractivity contribution in [3.8, 4) is 11.3 Å². The summed E-state index contributed by atoms with van der Waals surface area (Å²) in [5.74, 6) is -4.77. The van der Waals surface area contributed by atoms with Crippen LogP contribution in [-0.2, 0) is 17.4 Å². The Kier molecular flexibility index (Phi) is 6.12. The van der Waals surface area contributed by atoms with E-state index in [9.17, 15) is 18.0 Å². The average molecular weight is 460 g/mol. The van der Waals surface area contributed by atoms with E-state index in [0.717, 1.165) is 22.9 Å². The van der Waals surface area contributed by atoms with E-state index in [-0.39, 0.29) is 29.1 Å². The highest BCUT2D eigenvalue weighted by Gasteiger charge is 2.30. The molecule has 0 bridgehead atoms. The van der Waals surface area contributed by atoms with E-state index in [2.05, 4.69) is 29.6 Å². The fraction of sp³-hybridized carbons (Fsp3) is 0.421. The molecule has 0 aliphatic rings. The maximum Gasteiger partial charge on any atom is 0.421 e. The lowest BCUT2D eigenvalue weighted by molar-refractivity contribution is 0.0125. The number of oxazole rings is 1. The van der Waals surface area contributed by atoms with Crippen LogP contribution in [0.5, 0.6) is 0 Å². The van der Waals surface area contributed by atoms with Gasteiger partial charge in [0.1, 0.15) is 17.9 Å². The lowest BCUT2D eigenvalue weighted by atomic mass is 10.1.